The molecule has 0 aliphatic rings. The number of rotatable bonds is 2. The van der Waals surface area contributed by atoms with E-state index in [1.165, 1.54) is 0 Å². The van der Waals surface area contributed by atoms with Crippen molar-refractivity contribution in [1.82, 2.24) is 0 Å². The van der Waals surface area contributed by atoms with Gasteiger partial charge in [-0.25, -0.2) is 0 Å². The molecule has 0 saturated carbocycles. The lowest BCUT2D eigenvalue weighted by molar-refractivity contribution is 1.00. The minimum atomic E-state index is 0.953. The van der Waals surface area contributed by atoms with E-state index in [2.05, 4.69) is 24.5 Å². The molecule has 0 nitrogen and oxygen atoms in total. The van der Waals surface area contributed by atoms with Gasteiger partial charge in [0.2, 0.25) is 0 Å². The van der Waals surface area contributed by atoms with Crippen LogP contribution in [0.4, 0.5) is 0 Å². The van der Waals surface area contributed by atoms with E-state index < -0.39 is 0 Å². The van der Waals surface area contributed by atoms with Crippen LogP contribution >= 0.6 is 12.6 Å². The maximum atomic E-state index is 4.03. The molecule has 0 aliphatic heterocycles. The summed E-state index contributed by atoms with van der Waals surface area (Å²) in [4.78, 5) is 0. The summed E-state index contributed by atoms with van der Waals surface area (Å²) in [5.41, 5.74) is 0. The first-order chi connectivity index (χ1) is 3.41. The van der Waals surface area contributed by atoms with Gasteiger partial charge in [-0.15, -0.1) is 11.8 Å². The average Bonchev–Trinajstić information content (AvgIpc) is 1.69. The van der Waals surface area contributed by atoms with E-state index in [9.17, 15) is 0 Å². The minimum absolute atomic E-state index is 0.953. The largest absolute Gasteiger partial charge is 0.179 e. The molecular weight excluding hydrogens is 104 g/mol. The van der Waals surface area contributed by atoms with Gasteiger partial charge in [-0.3, -0.25) is 0 Å². The molecule has 0 heterocycles. The predicted octanol–water partition coefficient (Wildman–Crippen LogP) is 1.72. The third kappa shape index (κ3) is 5.91. The second-order valence-electron chi connectivity index (χ2n) is 1.25. The lowest BCUT2D eigenvalue weighted by Crippen LogP contribution is -1.69. The highest BCUT2D eigenvalue weighted by atomic mass is 32.1. The minimum Gasteiger partial charge on any atom is -0.179 e. The Kier molecular flexibility index (Phi) is 5.83. The first-order valence-electron chi connectivity index (χ1n) is 2.42. The van der Waals surface area contributed by atoms with Crippen LogP contribution in [-0.4, -0.2) is 5.75 Å². The molecule has 7 heavy (non-hydrogen) atoms. The van der Waals surface area contributed by atoms with E-state index in [0.717, 1.165) is 18.6 Å². The van der Waals surface area contributed by atoms with Gasteiger partial charge in [0.15, 0.2) is 0 Å². The summed E-state index contributed by atoms with van der Waals surface area (Å²) in [5, 5.41) is 0. The van der Waals surface area contributed by atoms with Gasteiger partial charge < -0.3 is 0 Å². The molecule has 0 radical (unpaired) electrons. The van der Waals surface area contributed by atoms with Crippen LogP contribution in [0.25, 0.3) is 0 Å². The van der Waals surface area contributed by atoms with Gasteiger partial charge in [-0.1, -0.05) is 0 Å². The van der Waals surface area contributed by atoms with Crippen LogP contribution in [0.3, 0.4) is 0 Å². The Morgan fingerprint density at radius 3 is 2.71 bits per heavy atom. The number of hydrogen-bond donors (Lipinski definition) is 1. The van der Waals surface area contributed by atoms with E-state index in [4.69, 9.17) is 0 Å². The summed E-state index contributed by atoms with van der Waals surface area (Å²) in [7, 11) is 0. The Morgan fingerprint density at radius 2 is 2.29 bits per heavy atom. The molecule has 0 fully saturated rings. The van der Waals surface area contributed by atoms with E-state index >= 15 is 0 Å². The zero-order valence-corrected chi connectivity index (χ0v) is 5.46. The summed E-state index contributed by atoms with van der Waals surface area (Å²) in [6, 6.07) is 0. The molecule has 0 aromatic carbocycles. The normalized spacial score (nSPS) is 7.14. The molecule has 0 amide bonds. The molecule has 0 spiro atoms. The fourth-order valence-corrected chi connectivity index (χ4v) is 0.451. The van der Waals surface area contributed by atoms with Crippen LogP contribution in [0.15, 0.2) is 0 Å². The van der Waals surface area contributed by atoms with E-state index in [0.29, 0.717) is 0 Å². The van der Waals surface area contributed by atoms with E-state index in [-0.39, 0.29) is 0 Å². The maximum absolute atomic E-state index is 4.03. The van der Waals surface area contributed by atoms with Crippen molar-refractivity contribution in [3.63, 3.8) is 0 Å². The van der Waals surface area contributed by atoms with E-state index in [1.54, 1.807) is 0 Å². The third-order valence-electron chi connectivity index (χ3n) is 0.637. The highest BCUT2D eigenvalue weighted by Gasteiger charge is 1.73. The number of thiol groups is 1. The van der Waals surface area contributed by atoms with Gasteiger partial charge in [0.1, 0.15) is 0 Å². The summed E-state index contributed by atoms with van der Waals surface area (Å²) in [6.45, 7) is 1.86. The average molecular weight is 114 g/mol. The highest BCUT2D eigenvalue weighted by molar-refractivity contribution is 7.80. The van der Waals surface area contributed by atoms with Crippen LogP contribution in [0, 0.1) is 11.8 Å². The van der Waals surface area contributed by atoms with Gasteiger partial charge in [0, 0.05) is 6.42 Å². The fourth-order valence-electron chi connectivity index (χ4n) is 0.292. The summed E-state index contributed by atoms with van der Waals surface area (Å²) in [6.07, 6.45) is 2.12. The lowest BCUT2D eigenvalue weighted by Gasteiger charge is -1.80. The zero-order chi connectivity index (χ0) is 5.54. The zero-order valence-electron chi connectivity index (χ0n) is 4.57. The van der Waals surface area contributed by atoms with Gasteiger partial charge >= 0.3 is 0 Å². The van der Waals surface area contributed by atoms with Crippen molar-refractivity contribution in [2.24, 2.45) is 0 Å². The lowest BCUT2D eigenvalue weighted by atomic mass is 10.3. The molecule has 0 rings (SSSR count). The van der Waals surface area contributed by atoms with Gasteiger partial charge in [0.25, 0.3) is 0 Å². The first-order valence-corrected chi connectivity index (χ1v) is 3.05. The topological polar surface area (TPSA) is 0 Å². The van der Waals surface area contributed by atoms with Crippen molar-refractivity contribution < 1.29 is 0 Å². The molecule has 0 N–H and O–H groups in total. The highest BCUT2D eigenvalue weighted by Crippen LogP contribution is 1.87. The first kappa shape index (κ1) is 6.91. The van der Waals surface area contributed by atoms with Crippen molar-refractivity contribution >= 4 is 12.6 Å². The van der Waals surface area contributed by atoms with Crippen LogP contribution < -0.4 is 0 Å². The molecule has 40 valence electrons. The quantitative estimate of drug-likeness (QED) is 0.315. The molecule has 0 aromatic heterocycles. The van der Waals surface area contributed by atoms with Gasteiger partial charge in [-0.05, 0) is 19.1 Å². The van der Waals surface area contributed by atoms with Crippen LogP contribution in [0.5, 0.6) is 0 Å². The van der Waals surface area contributed by atoms with Crippen molar-refractivity contribution in [3.8, 4) is 11.8 Å². The van der Waals surface area contributed by atoms with Gasteiger partial charge in [0.05, 0.1) is 0 Å². The second kappa shape index (κ2) is 5.91. The Balaban J connectivity index is 2.78. The molecule has 0 atom stereocenters. The number of hydrogen-bond acceptors (Lipinski definition) is 1. The number of unbranched alkanes of at least 4 members (excludes halogenated alkanes) is 1. The van der Waals surface area contributed by atoms with Crippen LogP contribution in [0.2, 0.25) is 0 Å². The summed E-state index contributed by atoms with van der Waals surface area (Å²) in [5.74, 6) is 6.72. The molecule has 0 saturated heterocycles. The Morgan fingerprint density at radius 1 is 1.57 bits per heavy atom. The summed E-state index contributed by atoms with van der Waals surface area (Å²) >= 11 is 4.03. The molecule has 0 bridgehead atoms. The Bertz CT molecular complexity index is 75.9. The van der Waals surface area contributed by atoms with Crippen molar-refractivity contribution in [3.05, 3.63) is 0 Å². The standard InChI is InChI=1S/C6H10S/c1-2-3-4-5-6-7/h7H,4-6H2,1H3. The Labute approximate surface area is 50.7 Å². The molecular formula is C6H10S. The molecule has 1 heteroatoms. The van der Waals surface area contributed by atoms with Crippen molar-refractivity contribution in [2.45, 2.75) is 19.8 Å². The van der Waals surface area contributed by atoms with E-state index in [1.807, 2.05) is 6.92 Å². The molecule has 0 aliphatic carbocycles. The monoisotopic (exact) mass is 114 g/mol. The van der Waals surface area contributed by atoms with Crippen LogP contribution in [0.1, 0.15) is 19.8 Å². The second-order valence-corrected chi connectivity index (χ2v) is 1.70. The molecule has 0 aromatic rings. The van der Waals surface area contributed by atoms with Crippen molar-refractivity contribution in [1.29, 1.82) is 0 Å². The summed E-state index contributed by atoms with van der Waals surface area (Å²) < 4.78 is 0. The predicted molar refractivity (Wildman–Crippen MR) is 36.5 cm³/mol. The van der Waals surface area contributed by atoms with Crippen LogP contribution in [-0.2, 0) is 0 Å². The van der Waals surface area contributed by atoms with Gasteiger partial charge in [-0.2, -0.15) is 12.6 Å². The SMILES string of the molecule is CC#CCCCS. The maximum Gasteiger partial charge on any atom is 0.00963 e. The van der Waals surface area contributed by atoms with Crippen molar-refractivity contribution in [2.75, 3.05) is 5.75 Å². The third-order valence-corrected chi connectivity index (χ3v) is 0.953. The fraction of sp³-hybridized carbons (Fsp3) is 0.667. The molecule has 0 unspecified atom stereocenters. The smallest absolute Gasteiger partial charge is 0.00963 e. The Hall–Kier alpha value is -0.0900.